The van der Waals surface area contributed by atoms with Gasteiger partial charge in [-0.3, -0.25) is 0 Å². The fraction of sp³-hybridized carbons (Fsp3) is 0.263. The molecule has 0 saturated heterocycles. The highest BCUT2D eigenvalue weighted by molar-refractivity contribution is 5.43. The summed E-state index contributed by atoms with van der Waals surface area (Å²) in [7, 11) is 0. The number of hydrogen-bond donors (Lipinski definition) is 1. The molecule has 0 spiro atoms. The smallest absolute Gasteiger partial charge is 0.0404 e. The second-order valence-electron chi connectivity index (χ2n) is 5.06. The van der Waals surface area contributed by atoms with E-state index in [1.54, 1.807) is 0 Å². The average molecular weight is 263 g/mol. The molecule has 2 rings (SSSR count). The van der Waals surface area contributed by atoms with E-state index < -0.39 is 0 Å². The molecule has 0 amide bonds. The molecule has 0 atom stereocenters. The summed E-state index contributed by atoms with van der Waals surface area (Å²) >= 11 is 0. The van der Waals surface area contributed by atoms with Crippen molar-refractivity contribution in [2.45, 2.75) is 32.2 Å². The Balaban J connectivity index is 2.20. The zero-order valence-corrected chi connectivity index (χ0v) is 12.2. The predicted octanol–water partition coefficient (Wildman–Crippen LogP) is 4.06. The quantitative estimate of drug-likeness (QED) is 0.830. The van der Waals surface area contributed by atoms with Crippen molar-refractivity contribution in [1.29, 1.82) is 0 Å². The van der Waals surface area contributed by atoms with Crippen LogP contribution in [0.5, 0.6) is 0 Å². The van der Waals surface area contributed by atoms with E-state index in [0.29, 0.717) is 0 Å². The topological polar surface area (TPSA) is 26.0 Å². The van der Waals surface area contributed by atoms with Gasteiger partial charge in [0.05, 0.1) is 0 Å². The summed E-state index contributed by atoms with van der Waals surface area (Å²) in [5.41, 5.74) is 9.42. The summed E-state index contributed by atoms with van der Waals surface area (Å²) in [6.45, 7) is 4.26. The van der Waals surface area contributed by atoms with E-state index in [-0.39, 0.29) is 5.54 Å². The van der Waals surface area contributed by atoms with E-state index in [1.165, 1.54) is 5.56 Å². The van der Waals surface area contributed by atoms with Gasteiger partial charge >= 0.3 is 0 Å². The lowest BCUT2D eigenvalue weighted by molar-refractivity contribution is 0.413. The van der Waals surface area contributed by atoms with Gasteiger partial charge in [-0.1, -0.05) is 56.0 Å². The van der Waals surface area contributed by atoms with Gasteiger partial charge in [-0.2, -0.15) is 0 Å². The first-order valence-electron chi connectivity index (χ1n) is 7.14. The lowest BCUT2D eigenvalue weighted by Gasteiger charge is -2.27. The Bertz CT molecular complexity index is 596. The van der Waals surface area contributed by atoms with Crippen molar-refractivity contribution in [3.05, 3.63) is 71.3 Å². The van der Waals surface area contributed by atoms with Gasteiger partial charge in [0.1, 0.15) is 0 Å². The van der Waals surface area contributed by atoms with Crippen molar-refractivity contribution < 1.29 is 0 Å². The minimum absolute atomic E-state index is 0.217. The zero-order chi connectivity index (χ0) is 14.4. The van der Waals surface area contributed by atoms with Crippen molar-refractivity contribution >= 4 is 0 Å². The molecule has 0 saturated carbocycles. The van der Waals surface area contributed by atoms with E-state index in [9.17, 15) is 0 Å². The van der Waals surface area contributed by atoms with Crippen LogP contribution < -0.4 is 5.73 Å². The molecule has 0 unspecified atom stereocenters. The Morgan fingerprint density at radius 1 is 0.800 bits per heavy atom. The highest BCUT2D eigenvalue weighted by Crippen LogP contribution is 2.25. The minimum atomic E-state index is -0.217. The number of rotatable bonds is 3. The van der Waals surface area contributed by atoms with Crippen LogP contribution in [0, 0.1) is 11.8 Å². The molecular weight excluding hydrogens is 242 g/mol. The Morgan fingerprint density at radius 2 is 1.30 bits per heavy atom. The monoisotopic (exact) mass is 263 g/mol. The molecule has 2 N–H and O–H groups in total. The Labute approximate surface area is 121 Å². The van der Waals surface area contributed by atoms with Crippen LogP contribution >= 0.6 is 0 Å². The third-order valence-corrected chi connectivity index (χ3v) is 3.85. The molecule has 1 nitrogen and oxygen atoms in total. The Kier molecular flexibility index (Phi) is 4.61. The molecule has 0 aromatic heterocycles. The number of benzene rings is 2. The third kappa shape index (κ3) is 3.29. The van der Waals surface area contributed by atoms with Crippen LogP contribution in [-0.2, 0) is 5.54 Å². The summed E-state index contributed by atoms with van der Waals surface area (Å²) < 4.78 is 0. The zero-order valence-electron chi connectivity index (χ0n) is 12.2. The van der Waals surface area contributed by atoms with E-state index in [1.807, 2.05) is 30.3 Å². The minimum Gasteiger partial charge on any atom is -0.321 e. The standard InChI is InChI=1S/C19H21N/c1-3-19(20,4-2)18-14-12-17(13-15-18)11-10-16-8-6-5-7-9-16/h5-9,12-15H,3-4,20H2,1-2H3. The lowest BCUT2D eigenvalue weighted by atomic mass is 9.85. The van der Waals surface area contributed by atoms with E-state index in [2.05, 4.69) is 50.0 Å². The summed E-state index contributed by atoms with van der Waals surface area (Å²) in [6, 6.07) is 18.3. The third-order valence-electron chi connectivity index (χ3n) is 3.85. The molecule has 2 aromatic rings. The van der Waals surface area contributed by atoms with E-state index >= 15 is 0 Å². The van der Waals surface area contributed by atoms with Crippen LogP contribution in [0.1, 0.15) is 43.4 Å². The van der Waals surface area contributed by atoms with Gasteiger partial charge in [-0.25, -0.2) is 0 Å². The molecule has 0 heterocycles. The van der Waals surface area contributed by atoms with Crippen LogP contribution in [0.2, 0.25) is 0 Å². The molecule has 1 heteroatoms. The maximum Gasteiger partial charge on any atom is 0.0404 e. The molecule has 0 fully saturated rings. The predicted molar refractivity (Wildman–Crippen MR) is 85.3 cm³/mol. The largest absolute Gasteiger partial charge is 0.321 e. The molecular formula is C19H21N. The van der Waals surface area contributed by atoms with Crippen molar-refractivity contribution in [2.24, 2.45) is 5.73 Å². The Morgan fingerprint density at radius 3 is 1.80 bits per heavy atom. The summed E-state index contributed by atoms with van der Waals surface area (Å²) in [6.07, 6.45) is 1.89. The summed E-state index contributed by atoms with van der Waals surface area (Å²) in [4.78, 5) is 0. The molecule has 20 heavy (non-hydrogen) atoms. The first-order valence-corrected chi connectivity index (χ1v) is 7.14. The van der Waals surface area contributed by atoms with Gasteiger partial charge < -0.3 is 5.73 Å². The first kappa shape index (κ1) is 14.4. The fourth-order valence-electron chi connectivity index (χ4n) is 2.21. The highest BCUT2D eigenvalue weighted by atomic mass is 14.7. The van der Waals surface area contributed by atoms with E-state index in [0.717, 1.165) is 24.0 Å². The maximum atomic E-state index is 6.40. The van der Waals surface area contributed by atoms with Gasteiger partial charge in [0.25, 0.3) is 0 Å². The van der Waals surface area contributed by atoms with Crippen LogP contribution in [0.4, 0.5) is 0 Å². The average Bonchev–Trinajstić information content (AvgIpc) is 2.53. The SMILES string of the molecule is CCC(N)(CC)c1ccc(C#Cc2ccccc2)cc1. The molecule has 0 aliphatic heterocycles. The van der Waals surface area contributed by atoms with Crippen molar-refractivity contribution in [1.82, 2.24) is 0 Å². The number of nitrogens with two attached hydrogens (primary N) is 1. The molecule has 0 radical (unpaired) electrons. The molecule has 0 aliphatic rings. The maximum absolute atomic E-state index is 6.40. The first-order chi connectivity index (χ1) is 9.68. The number of hydrogen-bond acceptors (Lipinski definition) is 1. The normalized spacial score (nSPS) is 10.8. The van der Waals surface area contributed by atoms with Gasteiger partial charge in [-0.15, -0.1) is 0 Å². The van der Waals surface area contributed by atoms with Crippen molar-refractivity contribution in [3.63, 3.8) is 0 Å². The van der Waals surface area contributed by atoms with Crippen molar-refractivity contribution in [2.75, 3.05) is 0 Å². The van der Waals surface area contributed by atoms with Crippen LogP contribution in [0.25, 0.3) is 0 Å². The summed E-state index contributed by atoms with van der Waals surface area (Å²) in [5.74, 6) is 6.35. The van der Waals surface area contributed by atoms with Crippen molar-refractivity contribution in [3.8, 4) is 11.8 Å². The highest BCUT2D eigenvalue weighted by Gasteiger charge is 2.22. The van der Waals surface area contributed by atoms with Gasteiger partial charge in [-0.05, 0) is 42.7 Å². The molecule has 102 valence electrons. The van der Waals surface area contributed by atoms with E-state index in [4.69, 9.17) is 5.73 Å². The molecule has 0 bridgehead atoms. The van der Waals surface area contributed by atoms with Gasteiger partial charge in [0.15, 0.2) is 0 Å². The van der Waals surface area contributed by atoms with Gasteiger partial charge in [0, 0.05) is 16.7 Å². The summed E-state index contributed by atoms with van der Waals surface area (Å²) in [5, 5.41) is 0. The van der Waals surface area contributed by atoms with Crippen LogP contribution in [-0.4, -0.2) is 0 Å². The van der Waals surface area contributed by atoms with Crippen LogP contribution in [0.15, 0.2) is 54.6 Å². The Hall–Kier alpha value is -2.04. The molecule has 2 aromatic carbocycles. The lowest BCUT2D eigenvalue weighted by Crippen LogP contribution is -2.34. The second-order valence-corrected chi connectivity index (χ2v) is 5.06. The van der Waals surface area contributed by atoms with Gasteiger partial charge in [0.2, 0.25) is 0 Å². The van der Waals surface area contributed by atoms with Crippen LogP contribution in [0.3, 0.4) is 0 Å². The fourth-order valence-corrected chi connectivity index (χ4v) is 2.21. The second kappa shape index (κ2) is 6.41. The molecule has 0 aliphatic carbocycles.